The fraction of sp³-hybridized carbons (Fsp3) is 0.429. The molecule has 1 aromatic heterocycles. The number of fused-ring (bicyclic) bond motifs is 3. The van der Waals surface area contributed by atoms with Crippen molar-refractivity contribution < 1.29 is 4.79 Å². The van der Waals surface area contributed by atoms with Crippen LogP contribution >= 0.6 is 0 Å². The molecule has 0 amide bonds. The van der Waals surface area contributed by atoms with Crippen LogP contribution in [0.15, 0.2) is 24.3 Å². The topological polar surface area (TPSA) is 34.9 Å². The molecule has 1 unspecified atom stereocenters. The average Bonchev–Trinajstić information content (AvgIpc) is 2.85. The molecule has 0 radical (unpaired) electrons. The molecule has 0 N–H and O–H groups in total. The molecular weight excluding hydrogens is 212 g/mol. The first-order valence-electron chi connectivity index (χ1n) is 6.20. The van der Waals surface area contributed by atoms with Gasteiger partial charge in [-0.05, 0) is 31.9 Å². The normalized spacial score (nSPS) is 18.5. The second-order valence-corrected chi connectivity index (χ2v) is 4.84. The third kappa shape index (κ3) is 1.75. The second kappa shape index (κ2) is 3.99. The van der Waals surface area contributed by atoms with Crippen molar-refractivity contribution in [2.24, 2.45) is 0 Å². The molecule has 2 heterocycles. The van der Waals surface area contributed by atoms with Crippen molar-refractivity contribution in [1.82, 2.24) is 9.55 Å². The van der Waals surface area contributed by atoms with Gasteiger partial charge in [0.1, 0.15) is 11.6 Å². The monoisotopic (exact) mass is 228 g/mol. The quantitative estimate of drug-likeness (QED) is 0.809. The van der Waals surface area contributed by atoms with Gasteiger partial charge in [0.25, 0.3) is 0 Å². The number of imidazole rings is 1. The first-order chi connectivity index (χ1) is 8.25. The van der Waals surface area contributed by atoms with Gasteiger partial charge in [-0.2, -0.15) is 0 Å². The van der Waals surface area contributed by atoms with Crippen LogP contribution in [0.3, 0.4) is 0 Å². The summed E-state index contributed by atoms with van der Waals surface area (Å²) in [4.78, 5) is 15.8. The molecule has 1 aliphatic heterocycles. The summed E-state index contributed by atoms with van der Waals surface area (Å²) in [7, 11) is 0. The first-order valence-corrected chi connectivity index (χ1v) is 6.20. The predicted octanol–water partition coefficient (Wildman–Crippen LogP) is 2.89. The van der Waals surface area contributed by atoms with Gasteiger partial charge in [-0.15, -0.1) is 0 Å². The highest BCUT2D eigenvalue weighted by atomic mass is 16.1. The minimum atomic E-state index is 0.277. The van der Waals surface area contributed by atoms with E-state index in [4.69, 9.17) is 4.98 Å². The van der Waals surface area contributed by atoms with Crippen LogP contribution in [0, 0.1) is 0 Å². The van der Waals surface area contributed by atoms with Gasteiger partial charge in [0.15, 0.2) is 0 Å². The zero-order valence-electron chi connectivity index (χ0n) is 10.0. The number of carbonyl (C=O) groups is 1. The minimum Gasteiger partial charge on any atom is -0.328 e. The smallest absolute Gasteiger partial charge is 0.129 e. The second-order valence-electron chi connectivity index (χ2n) is 4.84. The van der Waals surface area contributed by atoms with Gasteiger partial charge in [0, 0.05) is 18.9 Å². The highest BCUT2D eigenvalue weighted by Crippen LogP contribution is 2.34. The Kier molecular flexibility index (Phi) is 2.46. The van der Waals surface area contributed by atoms with E-state index in [9.17, 15) is 4.79 Å². The van der Waals surface area contributed by atoms with Gasteiger partial charge in [0.05, 0.1) is 11.0 Å². The molecule has 2 aromatic rings. The number of aryl methyl sites for hydroxylation is 1. The number of carbonyl (C=O) groups excluding carboxylic acids is 1. The number of rotatable bonds is 3. The van der Waals surface area contributed by atoms with Crippen LogP contribution in [0.2, 0.25) is 0 Å². The van der Waals surface area contributed by atoms with E-state index >= 15 is 0 Å². The molecule has 0 spiro atoms. The first kappa shape index (κ1) is 10.5. The minimum absolute atomic E-state index is 0.277. The highest BCUT2D eigenvalue weighted by molar-refractivity contribution is 5.77. The maximum atomic E-state index is 11.1. The van der Waals surface area contributed by atoms with Crippen LogP contribution in [0.5, 0.6) is 0 Å². The molecule has 1 aliphatic rings. The molecule has 0 saturated heterocycles. The zero-order chi connectivity index (χ0) is 11.8. The number of ketones is 1. The maximum Gasteiger partial charge on any atom is 0.129 e. The molecule has 0 bridgehead atoms. The van der Waals surface area contributed by atoms with E-state index in [0.717, 1.165) is 24.9 Å². The summed E-state index contributed by atoms with van der Waals surface area (Å²) in [6, 6.07) is 8.26. The number of para-hydroxylation sites is 2. The van der Waals surface area contributed by atoms with Gasteiger partial charge in [-0.25, -0.2) is 4.98 Å². The Balaban J connectivity index is 1.94. The fourth-order valence-electron chi connectivity index (χ4n) is 2.71. The van der Waals surface area contributed by atoms with Crippen molar-refractivity contribution in [2.45, 2.75) is 38.6 Å². The van der Waals surface area contributed by atoms with Crippen LogP contribution in [0.25, 0.3) is 11.0 Å². The lowest BCUT2D eigenvalue weighted by atomic mass is 10.00. The number of Topliss-reactive ketones (excluding diaryl/α,β-unsaturated/α-hetero) is 1. The number of aromatic nitrogens is 2. The van der Waals surface area contributed by atoms with Gasteiger partial charge in [0.2, 0.25) is 0 Å². The summed E-state index contributed by atoms with van der Waals surface area (Å²) < 4.78 is 2.31. The van der Waals surface area contributed by atoms with Crippen LogP contribution in [0.1, 0.15) is 37.9 Å². The molecule has 1 aromatic carbocycles. The molecule has 3 heteroatoms. The molecule has 17 heavy (non-hydrogen) atoms. The summed E-state index contributed by atoms with van der Waals surface area (Å²) in [6.07, 6.45) is 2.74. The molecule has 3 nitrogen and oxygen atoms in total. The van der Waals surface area contributed by atoms with E-state index in [-0.39, 0.29) is 5.78 Å². The Hall–Kier alpha value is -1.64. The lowest BCUT2D eigenvalue weighted by molar-refractivity contribution is -0.117. The zero-order valence-corrected chi connectivity index (χ0v) is 10.0. The lowest BCUT2D eigenvalue weighted by Gasteiger charge is -2.05. The standard InChI is InChI=1S/C14H16N2O/c1-10(17)6-7-11-8-9-16-13-5-3-2-4-12(13)15-14(11)16/h2-5,11H,6-9H2,1H3. The van der Waals surface area contributed by atoms with Gasteiger partial charge >= 0.3 is 0 Å². The number of hydrogen-bond acceptors (Lipinski definition) is 2. The van der Waals surface area contributed by atoms with E-state index in [1.807, 2.05) is 6.07 Å². The van der Waals surface area contributed by atoms with Crippen molar-refractivity contribution in [2.75, 3.05) is 0 Å². The maximum absolute atomic E-state index is 11.1. The summed E-state index contributed by atoms with van der Waals surface area (Å²) in [5.74, 6) is 1.92. The van der Waals surface area contributed by atoms with Crippen molar-refractivity contribution in [1.29, 1.82) is 0 Å². The van der Waals surface area contributed by atoms with E-state index in [1.54, 1.807) is 6.92 Å². The number of benzene rings is 1. The summed E-state index contributed by atoms with van der Waals surface area (Å²) in [5.41, 5.74) is 2.31. The van der Waals surface area contributed by atoms with Gasteiger partial charge < -0.3 is 9.36 Å². The van der Waals surface area contributed by atoms with Crippen molar-refractivity contribution in [3.05, 3.63) is 30.1 Å². The summed E-state index contributed by atoms with van der Waals surface area (Å²) in [5, 5.41) is 0. The molecule has 1 atom stereocenters. The van der Waals surface area contributed by atoms with E-state index in [2.05, 4.69) is 22.8 Å². The Bertz CT molecular complexity index is 571. The molecular formula is C14H16N2O. The Morgan fingerprint density at radius 3 is 3.12 bits per heavy atom. The molecule has 88 valence electrons. The van der Waals surface area contributed by atoms with Crippen molar-refractivity contribution in [3.63, 3.8) is 0 Å². The summed E-state index contributed by atoms with van der Waals surface area (Å²) >= 11 is 0. The molecule has 0 saturated carbocycles. The molecule has 0 aliphatic carbocycles. The van der Waals surface area contributed by atoms with E-state index in [0.29, 0.717) is 12.3 Å². The van der Waals surface area contributed by atoms with Gasteiger partial charge in [-0.1, -0.05) is 12.1 Å². The largest absolute Gasteiger partial charge is 0.328 e. The fourth-order valence-corrected chi connectivity index (χ4v) is 2.71. The predicted molar refractivity (Wildman–Crippen MR) is 67.0 cm³/mol. The van der Waals surface area contributed by atoms with Crippen molar-refractivity contribution >= 4 is 16.8 Å². The van der Waals surface area contributed by atoms with Crippen LogP contribution in [-0.4, -0.2) is 15.3 Å². The molecule has 0 fully saturated rings. The van der Waals surface area contributed by atoms with Crippen LogP contribution < -0.4 is 0 Å². The Labute approximate surface area is 100 Å². The Morgan fingerprint density at radius 1 is 1.47 bits per heavy atom. The van der Waals surface area contributed by atoms with Crippen LogP contribution in [0.4, 0.5) is 0 Å². The number of hydrogen-bond donors (Lipinski definition) is 0. The molecule has 3 rings (SSSR count). The third-order valence-corrected chi connectivity index (χ3v) is 3.60. The average molecular weight is 228 g/mol. The van der Waals surface area contributed by atoms with Crippen molar-refractivity contribution in [3.8, 4) is 0 Å². The summed E-state index contributed by atoms with van der Waals surface area (Å²) in [6.45, 7) is 2.70. The lowest BCUT2D eigenvalue weighted by Crippen LogP contribution is -1.99. The number of nitrogens with zero attached hydrogens (tertiary/aromatic N) is 2. The third-order valence-electron chi connectivity index (χ3n) is 3.60. The van der Waals surface area contributed by atoms with Gasteiger partial charge in [-0.3, -0.25) is 0 Å². The SMILES string of the molecule is CC(=O)CCC1CCn2c1nc1ccccc12. The Morgan fingerprint density at radius 2 is 2.29 bits per heavy atom. The van der Waals surface area contributed by atoms with E-state index < -0.39 is 0 Å². The highest BCUT2D eigenvalue weighted by Gasteiger charge is 2.26. The van der Waals surface area contributed by atoms with Crippen LogP contribution in [-0.2, 0) is 11.3 Å². The van der Waals surface area contributed by atoms with E-state index in [1.165, 1.54) is 11.3 Å².